The summed E-state index contributed by atoms with van der Waals surface area (Å²) >= 11 is 0. The minimum absolute atomic E-state index is 0.0193. The predicted octanol–water partition coefficient (Wildman–Crippen LogP) is 2.36. The van der Waals surface area contributed by atoms with Gasteiger partial charge in [-0.1, -0.05) is 19.3 Å². The quantitative estimate of drug-likeness (QED) is 0.631. The zero-order valence-corrected chi connectivity index (χ0v) is 14.8. The first-order chi connectivity index (χ1) is 12.0. The standard InChI is InChI=1S/C16H23N3O5S/c20-19(21)14-6-7-15(17-13-4-2-1-3-5-13)16(12-14)25(22,23)18-8-10-24-11-9-18/h6-7,12-13,17H,1-5,8-11H2. The number of sulfonamides is 1. The number of nitrogens with zero attached hydrogens (tertiary/aromatic N) is 2. The number of ether oxygens (including phenoxy) is 1. The first kappa shape index (κ1) is 18.1. The molecule has 2 aliphatic rings. The second kappa shape index (κ2) is 7.67. The fourth-order valence-electron chi connectivity index (χ4n) is 3.35. The van der Waals surface area contributed by atoms with Crippen LogP contribution >= 0.6 is 0 Å². The molecule has 0 aromatic heterocycles. The van der Waals surface area contributed by atoms with Gasteiger partial charge < -0.3 is 10.1 Å². The molecule has 138 valence electrons. The minimum atomic E-state index is -3.81. The third-order valence-corrected chi connectivity index (χ3v) is 6.67. The monoisotopic (exact) mass is 369 g/mol. The number of morpholine rings is 1. The molecule has 3 rings (SSSR count). The number of hydrogen-bond acceptors (Lipinski definition) is 6. The van der Waals surface area contributed by atoms with Gasteiger partial charge in [-0.15, -0.1) is 0 Å². The van der Waals surface area contributed by atoms with Crippen LogP contribution in [0.25, 0.3) is 0 Å². The van der Waals surface area contributed by atoms with Crippen LogP contribution in [-0.4, -0.2) is 50.0 Å². The number of nitro benzene ring substituents is 1. The van der Waals surface area contributed by atoms with E-state index in [1.165, 1.54) is 22.9 Å². The molecule has 1 aliphatic carbocycles. The number of nitrogens with one attached hydrogen (secondary N) is 1. The van der Waals surface area contributed by atoms with E-state index < -0.39 is 14.9 Å². The molecule has 2 fully saturated rings. The fraction of sp³-hybridized carbons (Fsp3) is 0.625. The molecule has 1 aromatic rings. The largest absolute Gasteiger partial charge is 0.381 e. The van der Waals surface area contributed by atoms with Gasteiger partial charge in [0.15, 0.2) is 0 Å². The number of rotatable bonds is 5. The van der Waals surface area contributed by atoms with Crippen LogP contribution in [-0.2, 0) is 14.8 Å². The average molecular weight is 369 g/mol. The van der Waals surface area contributed by atoms with Crippen molar-refractivity contribution in [2.24, 2.45) is 0 Å². The molecule has 9 heteroatoms. The highest BCUT2D eigenvalue weighted by molar-refractivity contribution is 7.89. The van der Waals surface area contributed by atoms with Gasteiger partial charge >= 0.3 is 0 Å². The van der Waals surface area contributed by atoms with Crippen LogP contribution in [0.4, 0.5) is 11.4 Å². The van der Waals surface area contributed by atoms with Gasteiger partial charge in [-0.25, -0.2) is 8.42 Å². The van der Waals surface area contributed by atoms with Crippen molar-refractivity contribution in [2.45, 2.75) is 43.0 Å². The van der Waals surface area contributed by atoms with E-state index in [2.05, 4.69) is 5.32 Å². The van der Waals surface area contributed by atoms with Gasteiger partial charge in [-0.2, -0.15) is 4.31 Å². The third-order valence-electron chi connectivity index (χ3n) is 4.73. The molecule has 1 aliphatic heterocycles. The van der Waals surface area contributed by atoms with Gasteiger partial charge in [0.2, 0.25) is 10.0 Å². The highest BCUT2D eigenvalue weighted by Gasteiger charge is 2.31. The topological polar surface area (TPSA) is 102 Å². The molecule has 8 nitrogen and oxygen atoms in total. The molecule has 1 heterocycles. The summed E-state index contributed by atoms with van der Waals surface area (Å²) in [6.45, 7) is 1.18. The van der Waals surface area contributed by atoms with Crippen molar-refractivity contribution in [3.05, 3.63) is 28.3 Å². The van der Waals surface area contributed by atoms with Crippen molar-refractivity contribution in [1.82, 2.24) is 4.31 Å². The number of hydrogen-bond donors (Lipinski definition) is 1. The van der Waals surface area contributed by atoms with E-state index in [0.29, 0.717) is 18.9 Å². The van der Waals surface area contributed by atoms with Gasteiger partial charge in [0.25, 0.3) is 5.69 Å². The molecule has 1 N–H and O–H groups in total. The van der Waals surface area contributed by atoms with Gasteiger partial charge in [-0.3, -0.25) is 10.1 Å². The SMILES string of the molecule is O=[N+]([O-])c1ccc(NC2CCCCC2)c(S(=O)(=O)N2CCOCC2)c1. The van der Waals surface area contributed by atoms with Crippen molar-refractivity contribution < 1.29 is 18.1 Å². The highest BCUT2D eigenvalue weighted by Crippen LogP contribution is 2.31. The van der Waals surface area contributed by atoms with Crippen molar-refractivity contribution in [1.29, 1.82) is 0 Å². The summed E-state index contributed by atoms with van der Waals surface area (Å²) in [4.78, 5) is 10.5. The van der Waals surface area contributed by atoms with Crippen LogP contribution in [0.15, 0.2) is 23.1 Å². The fourth-order valence-corrected chi connectivity index (χ4v) is 4.93. The predicted molar refractivity (Wildman–Crippen MR) is 93.2 cm³/mol. The number of benzene rings is 1. The van der Waals surface area contributed by atoms with E-state index in [1.54, 1.807) is 0 Å². The van der Waals surface area contributed by atoms with E-state index in [0.717, 1.165) is 31.7 Å². The Bertz CT molecular complexity index is 725. The summed E-state index contributed by atoms with van der Waals surface area (Å²) < 4.78 is 32.6. The van der Waals surface area contributed by atoms with Crippen molar-refractivity contribution in [3.63, 3.8) is 0 Å². The molecule has 0 unspecified atom stereocenters. The lowest BCUT2D eigenvalue weighted by atomic mass is 9.95. The van der Waals surface area contributed by atoms with Crippen molar-refractivity contribution in [2.75, 3.05) is 31.6 Å². The zero-order chi connectivity index (χ0) is 17.9. The lowest BCUT2D eigenvalue weighted by Crippen LogP contribution is -2.41. The average Bonchev–Trinajstić information content (AvgIpc) is 2.63. The van der Waals surface area contributed by atoms with Gasteiger partial charge in [0.05, 0.1) is 23.8 Å². The van der Waals surface area contributed by atoms with Gasteiger partial charge in [0.1, 0.15) is 4.90 Å². The maximum atomic E-state index is 13.0. The Hall–Kier alpha value is -1.71. The number of nitro groups is 1. The maximum absolute atomic E-state index is 13.0. The summed E-state index contributed by atoms with van der Waals surface area (Å²) in [5.74, 6) is 0. The summed E-state index contributed by atoms with van der Waals surface area (Å²) in [5.41, 5.74) is 0.227. The van der Waals surface area contributed by atoms with Crippen LogP contribution in [0, 0.1) is 10.1 Å². The molecule has 0 bridgehead atoms. The van der Waals surface area contributed by atoms with Crippen molar-refractivity contribution in [3.8, 4) is 0 Å². The number of anilines is 1. The first-order valence-electron chi connectivity index (χ1n) is 8.61. The van der Waals surface area contributed by atoms with E-state index in [9.17, 15) is 18.5 Å². The molecular formula is C16H23N3O5S. The third kappa shape index (κ3) is 4.10. The van der Waals surface area contributed by atoms with E-state index in [4.69, 9.17) is 4.74 Å². The van der Waals surface area contributed by atoms with Crippen LogP contribution in [0.1, 0.15) is 32.1 Å². The molecule has 0 spiro atoms. The minimum Gasteiger partial charge on any atom is -0.381 e. The Morgan fingerprint density at radius 3 is 2.48 bits per heavy atom. The second-order valence-corrected chi connectivity index (χ2v) is 8.34. The van der Waals surface area contributed by atoms with Crippen LogP contribution in [0.3, 0.4) is 0 Å². The molecule has 1 saturated heterocycles. The summed E-state index contributed by atoms with van der Waals surface area (Å²) in [6, 6.07) is 4.23. The maximum Gasteiger partial charge on any atom is 0.270 e. The normalized spacial score (nSPS) is 20.3. The summed E-state index contributed by atoms with van der Waals surface area (Å²) in [7, 11) is -3.81. The smallest absolute Gasteiger partial charge is 0.270 e. The van der Waals surface area contributed by atoms with Crippen LogP contribution in [0.2, 0.25) is 0 Å². The van der Waals surface area contributed by atoms with Crippen LogP contribution in [0.5, 0.6) is 0 Å². The molecule has 1 saturated carbocycles. The molecule has 25 heavy (non-hydrogen) atoms. The van der Waals surface area contributed by atoms with E-state index in [1.807, 2.05) is 0 Å². The van der Waals surface area contributed by atoms with Gasteiger partial charge in [0, 0.05) is 31.3 Å². The highest BCUT2D eigenvalue weighted by atomic mass is 32.2. The Labute approximate surface area is 147 Å². The molecule has 0 radical (unpaired) electrons. The lowest BCUT2D eigenvalue weighted by molar-refractivity contribution is -0.385. The van der Waals surface area contributed by atoms with Crippen molar-refractivity contribution >= 4 is 21.4 Å². The molecule has 0 amide bonds. The van der Waals surface area contributed by atoms with Gasteiger partial charge in [-0.05, 0) is 18.9 Å². The number of non-ortho nitro benzene ring substituents is 1. The molecule has 1 aromatic carbocycles. The second-order valence-electron chi connectivity index (χ2n) is 6.43. The van der Waals surface area contributed by atoms with E-state index >= 15 is 0 Å². The Kier molecular flexibility index (Phi) is 5.55. The molecule has 0 atom stereocenters. The Balaban J connectivity index is 1.95. The molecular weight excluding hydrogens is 346 g/mol. The first-order valence-corrected chi connectivity index (χ1v) is 10.1. The lowest BCUT2D eigenvalue weighted by Gasteiger charge is -2.29. The zero-order valence-electron chi connectivity index (χ0n) is 14.0. The Morgan fingerprint density at radius 2 is 1.84 bits per heavy atom. The summed E-state index contributed by atoms with van der Waals surface area (Å²) in [5, 5.41) is 14.4. The van der Waals surface area contributed by atoms with E-state index in [-0.39, 0.29) is 29.7 Å². The summed E-state index contributed by atoms with van der Waals surface area (Å²) in [6.07, 6.45) is 5.37. The Morgan fingerprint density at radius 1 is 1.16 bits per heavy atom. The van der Waals surface area contributed by atoms with Crippen LogP contribution < -0.4 is 5.32 Å².